The summed E-state index contributed by atoms with van der Waals surface area (Å²) < 4.78 is 0. The van der Waals surface area contributed by atoms with Crippen molar-refractivity contribution in [3.8, 4) is 11.1 Å². The first-order valence-electron chi connectivity index (χ1n) is 9.77. The smallest absolute Gasteiger partial charge is 0.326 e. The molecule has 0 saturated heterocycles. The number of carboxylic acids is 1. The Morgan fingerprint density at radius 1 is 0.733 bits per heavy atom. The molecule has 148 valence electrons. The second kappa shape index (κ2) is 8.62. The van der Waals surface area contributed by atoms with E-state index in [0.29, 0.717) is 5.56 Å². The van der Waals surface area contributed by atoms with Gasteiger partial charge in [-0.05, 0) is 39.6 Å². The molecular weight excluding hydrogens is 374 g/mol. The van der Waals surface area contributed by atoms with Gasteiger partial charge in [0.25, 0.3) is 5.91 Å². The third-order valence-corrected chi connectivity index (χ3v) is 5.12. The number of carbonyl (C=O) groups excluding carboxylic acids is 1. The van der Waals surface area contributed by atoms with Gasteiger partial charge in [0.2, 0.25) is 0 Å². The molecule has 0 aliphatic heterocycles. The highest BCUT2D eigenvalue weighted by Gasteiger charge is 2.21. The lowest BCUT2D eigenvalue weighted by molar-refractivity contribution is -0.139. The molecule has 2 N–H and O–H groups in total. The summed E-state index contributed by atoms with van der Waals surface area (Å²) in [5.74, 6) is -1.45. The summed E-state index contributed by atoms with van der Waals surface area (Å²) in [5, 5.41) is 14.2. The van der Waals surface area contributed by atoms with Gasteiger partial charge in [-0.25, -0.2) is 4.79 Å². The summed E-state index contributed by atoms with van der Waals surface area (Å²) in [6.07, 6.45) is 0.212. The maximum absolute atomic E-state index is 12.7. The van der Waals surface area contributed by atoms with E-state index >= 15 is 0 Å². The van der Waals surface area contributed by atoms with E-state index in [1.807, 2.05) is 84.9 Å². The third kappa shape index (κ3) is 4.39. The fourth-order valence-electron chi connectivity index (χ4n) is 3.47. The van der Waals surface area contributed by atoms with Crippen molar-refractivity contribution in [2.24, 2.45) is 0 Å². The molecule has 1 atom stereocenters. The SMILES string of the molecule is O=C(N[C@H](Cc1ccc(-c2ccccc2)cc1)C(=O)O)c1ccc2ccccc2c1. The van der Waals surface area contributed by atoms with Crippen LogP contribution in [-0.2, 0) is 11.2 Å². The van der Waals surface area contributed by atoms with Crippen LogP contribution in [0, 0.1) is 0 Å². The Bertz CT molecular complexity index is 1180. The number of hydrogen-bond acceptors (Lipinski definition) is 2. The molecule has 1 amide bonds. The number of amides is 1. The van der Waals surface area contributed by atoms with Gasteiger partial charge >= 0.3 is 5.97 Å². The van der Waals surface area contributed by atoms with Crippen LogP contribution in [0.25, 0.3) is 21.9 Å². The summed E-state index contributed by atoms with van der Waals surface area (Å²) in [7, 11) is 0. The van der Waals surface area contributed by atoms with E-state index in [1.54, 1.807) is 12.1 Å². The van der Waals surface area contributed by atoms with Gasteiger partial charge in [0.05, 0.1) is 0 Å². The Kier molecular flexibility index (Phi) is 5.57. The number of hydrogen-bond donors (Lipinski definition) is 2. The molecule has 0 saturated carbocycles. The molecule has 0 unspecified atom stereocenters. The van der Waals surface area contributed by atoms with E-state index in [-0.39, 0.29) is 6.42 Å². The highest BCUT2D eigenvalue weighted by Crippen LogP contribution is 2.20. The molecule has 0 radical (unpaired) electrons. The van der Waals surface area contributed by atoms with Crippen LogP contribution in [0.2, 0.25) is 0 Å². The van der Waals surface area contributed by atoms with E-state index in [4.69, 9.17) is 0 Å². The van der Waals surface area contributed by atoms with Crippen LogP contribution in [0.3, 0.4) is 0 Å². The van der Waals surface area contributed by atoms with Gasteiger partial charge in [0.1, 0.15) is 6.04 Å². The number of aliphatic carboxylic acids is 1. The number of carboxylic acid groups (broad SMARTS) is 1. The summed E-state index contributed by atoms with van der Waals surface area (Å²) in [5.41, 5.74) is 3.45. The van der Waals surface area contributed by atoms with Crippen LogP contribution < -0.4 is 5.32 Å². The Morgan fingerprint density at radius 3 is 2.07 bits per heavy atom. The molecule has 4 aromatic carbocycles. The summed E-state index contributed by atoms with van der Waals surface area (Å²) in [6, 6.07) is 29.8. The zero-order valence-corrected chi connectivity index (χ0v) is 16.3. The van der Waals surface area contributed by atoms with Crippen molar-refractivity contribution < 1.29 is 14.7 Å². The quantitative estimate of drug-likeness (QED) is 0.486. The second-order valence-corrected chi connectivity index (χ2v) is 7.19. The standard InChI is InChI=1S/C26H21NO3/c28-25(23-15-14-20-8-4-5-9-22(20)17-23)27-24(26(29)30)16-18-10-12-21(13-11-18)19-6-2-1-3-7-19/h1-15,17,24H,16H2,(H,27,28)(H,29,30)/t24-/m1/s1. The summed E-state index contributed by atoms with van der Waals surface area (Å²) >= 11 is 0. The van der Waals surface area contributed by atoms with Gasteiger partial charge in [-0.1, -0.05) is 84.9 Å². The van der Waals surface area contributed by atoms with Crippen molar-refractivity contribution in [2.75, 3.05) is 0 Å². The topological polar surface area (TPSA) is 66.4 Å². The first kappa shape index (κ1) is 19.4. The van der Waals surface area contributed by atoms with E-state index in [1.165, 1.54) is 0 Å². The summed E-state index contributed by atoms with van der Waals surface area (Å²) in [6.45, 7) is 0. The molecule has 0 aliphatic carbocycles. The van der Waals surface area contributed by atoms with Crippen molar-refractivity contribution in [3.63, 3.8) is 0 Å². The zero-order chi connectivity index (χ0) is 20.9. The van der Waals surface area contributed by atoms with Crippen LogP contribution in [0.5, 0.6) is 0 Å². The predicted octanol–water partition coefficient (Wildman–Crippen LogP) is 4.93. The number of carbonyl (C=O) groups is 2. The molecule has 4 nitrogen and oxygen atoms in total. The van der Waals surface area contributed by atoms with E-state index in [2.05, 4.69) is 5.32 Å². The zero-order valence-electron chi connectivity index (χ0n) is 16.3. The lowest BCUT2D eigenvalue weighted by Gasteiger charge is -2.15. The number of fused-ring (bicyclic) bond motifs is 1. The molecule has 0 aromatic heterocycles. The first-order chi connectivity index (χ1) is 14.6. The maximum atomic E-state index is 12.7. The minimum Gasteiger partial charge on any atom is -0.480 e. The Hall–Kier alpha value is -3.92. The fourth-order valence-corrected chi connectivity index (χ4v) is 3.47. The number of nitrogens with one attached hydrogen (secondary N) is 1. The van der Waals surface area contributed by atoms with Crippen molar-refractivity contribution in [1.29, 1.82) is 0 Å². The molecule has 0 fully saturated rings. The van der Waals surface area contributed by atoms with E-state index in [0.717, 1.165) is 27.5 Å². The molecule has 4 heteroatoms. The molecule has 0 spiro atoms. The Labute approximate surface area is 174 Å². The van der Waals surface area contributed by atoms with Crippen molar-refractivity contribution >= 4 is 22.6 Å². The lowest BCUT2D eigenvalue weighted by atomic mass is 10.0. The van der Waals surface area contributed by atoms with Crippen LogP contribution in [0.4, 0.5) is 0 Å². The van der Waals surface area contributed by atoms with Crippen molar-refractivity contribution in [1.82, 2.24) is 5.32 Å². The molecule has 4 aromatic rings. The van der Waals surface area contributed by atoms with E-state index in [9.17, 15) is 14.7 Å². The highest BCUT2D eigenvalue weighted by molar-refractivity contribution is 6.00. The largest absolute Gasteiger partial charge is 0.480 e. The lowest BCUT2D eigenvalue weighted by Crippen LogP contribution is -2.42. The normalized spacial score (nSPS) is 11.7. The Morgan fingerprint density at radius 2 is 1.37 bits per heavy atom. The van der Waals surface area contributed by atoms with Crippen LogP contribution in [0.15, 0.2) is 97.1 Å². The fraction of sp³-hybridized carbons (Fsp3) is 0.0769. The number of benzene rings is 4. The maximum Gasteiger partial charge on any atom is 0.326 e. The van der Waals surface area contributed by atoms with Crippen molar-refractivity contribution in [2.45, 2.75) is 12.5 Å². The first-order valence-corrected chi connectivity index (χ1v) is 9.77. The van der Waals surface area contributed by atoms with Gasteiger partial charge in [-0.2, -0.15) is 0 Å². The van der Waals surface area contributed by atoms with Crippen LogP contribution in [0.1, 0.15) is 15.9 Å². The van der Waals surface area contributed by atoms with Gasteiger partial charge in [0.15, 0.2) is 0 Å². The second-order valence-electron chi connectivity index (χ2n) is 7.19. The van der Waals surface area contributed by atoms with Crippen molar-refractivity contribution in [3.05, 3.63) is 108 Å². The monoisotopic (exact) mass is 395 g/mol. The summed E-state index contributed by atoms with van der Waals surface area (Å²) in [4.78, 5) is 24.4. The van der Waals surface area contributed by atoms with Crippen LogP contribution >= 0.6 is 0 Å². The predicted molar refractivity (Wildman–Crippen MR) is 118 cm³/mol. The minimum atomic E-state index is -1.06. The molecule has 0 aliphatic rings. The molecule has 0 bridgehead atoms. The minimum absolute atomic E-state index is 0.212. The van der Waals surface area contributed by atoms with E-state index < -0.39 is 17.9 Å². The number of rotatable bonds is 6. The average Bonchev–Trinajstić information content (AvgIpc) is 2.79. The Balaban J connectivity index is 1.48. The van der Waals surface area contributed by atoms with Gasteiger partial charge < -0.3 is 10.4 Å². The third-order valence-electron chi connectivity index (χ3n) is 5.12. The molecule has 4 rings (SSSR count). The van der Waals surface area contributed by atoms with Crippen LogP contribution in [-0.4, -0.2) is 23.0 Å². The molecular formula is C26H21NO3. The van der Waals surface area contributed by atoms with Gasteiger partial charge in [0, 0.05) is 12.0 Å². The highest BCUT2D eigenvalue weighted by atomic mass is 16.4. The average molecular weight is 395 g/mol. The van der Waals surface area contributed by atoms with Gasteiger partial charge in [-0.3, -0.25) is 4.79 Å². The molecule has 30 heavy (non-hydrogen) atoms. The molecule has 0 heterocycles. The van der Waals surface area contributed by atoms with Gasteiger partial charge in [-0.15, -0.1) is 0 Å².